The molecule has 20 nitrogen and oxygen atoms in total. The number of aryl methyl sites for hydroxylation is 1. The number of carbonyl (C=O) groups excluding carboxylic acids is 1. The second-order valence-corrected chi connectivity index (χ2v) is 26.9. The Labute approximate surface area is 460 Å². The molecule has 79 heavy (non-hydrogen) atoms. The molecule has 9 rings (SSSR count). The van der Waals surface area contributed by atoms with Crippen molar-refractivity contribution in [3.63, 3.8) is 0 Å². The molecule has 7 aromatic rings. The maximum Gasteiger partial charge on any atom is 0.330 e. The third kappa shape index (κ3) is 11.7. The summed E-state index contributed by atoms with van der Waals surface area (Å²) in [5, 5.41) is 2.69. The molecule has 4 aromatic carbocycles. The lowest BCUT2D eigenvalue weighted by molar-refractivity contribution is -0.0956. The van der Waals surface area contributed by atoms with Gasteiger partial charge < -0.3 is 51.9 Å². The van der Waals surface area contributed by atoms with Crippen LogP contribution in [0.5, 0.6) is 11.5 Å². The number of fused-ring (bicyclic) bond motifs is 1. The van der Waals surface area contributed by atoms with Crippen LogP contribution in [-0.2, 0) is 42.8 Å². The Hall–Kier alpha value is -6.49. The number of hydrogen-bond acceptors (Lipinski definition) is 16. The van der Waals surface area contributed by atoms with Crippen molar-refractivity contribution in [1.29, 1.82) is 0 Å². The summed E-state index contributed by atoms with van der Waals surface area (Å²) in [6.45, 7) is 14.1. The number of aromatic amines is 1. The molecule has 0 bridgehead atoms. The molecule has 9 atom stereocenters. The van der Waals surface area contributed by atoms with Gasteiger partial charge in [-0.2, -0.15) is 0 Å². The summed E-state index contributed by atoms with van der Waals surface area (Å²) in [5.74, 6) is 1.21. The third-order valence-electron chi connectivity index (χ3n) is 15.0. The highest BCUT2D eigenvalue weighted by Gasteiger charge is 2.53. The van der Waals surface area contributed by atoms with E-state index < -0.39 is 82.6 Å². The van der Waals surface area contributed by atoms with Crippen LogP contribution in [0.3, 0.4) is 0 Å². The number of aromatic nitrogens is 6. The summed E-state index contributed by atoms with van der Waals surface area (Å²) in [7, 11) is 2.03. The van der Waals surface area contributed by atoms with E-state index in [4.69, 9.17) is 46.6 Å². The number of methoxy groups -OCH3 is 4. The SMILES string of the molecule is COc1ccc(C(OC[C@H]2O[C@@H](n3cc(C)c(=O)[nH]c3=O)[C@H](OC)[C@@H]2OP(C)OC[C@H]2O[C@@H](n3cnc4c(NC(=O)c5ccccc5)ncnc43)[C@H](OC)[C@@H]2O[Si](C)(C)C(C)(C)C)(c2ccccc2)c2ccc(OC)cc2)cc1. The van der Waals surface area contributed by atoms with E-state index in [1.807, 2.05) is 91.6 Å². The van der Waals surface area contributed by atoms with Crippen molar-refractivity contribution >= 4 is 39.6 Å². The van der Waals surface area contributed by atoms with Gasteiger partial charge in [0.15, 0.2) is 46.1 Å². The zero-order valence-corrected chi connectivity index (χ0v) is 48.0. The number of imidazole rings is 1. The average molecular weight is 1120 g/mol. The van der Waals surface area contributed by atoms with Gasteiger partial charge in [0, 0.05) is 38.2 Å². The zero-order valence-electron chi connectivity index (χ0n) is 46.1. The fourth-order valence-corrected chi connectivity index (χ4v) is 12.1. The molecule has 5 heterocycles. The minimum atomic E-state index is -2.52. The lowest BCUT2D eigenvalue weighted by Gasteiger charge is -2.40. The Morgan fingerprint density at radius 1 is 0.722 bits per heavy atom. The maximum atomic E-state index is 13.6. The molecule has 2 N–H and O–H groups in total. The van der Waals surface area contributed by atoms with Crippen molar-refractivity contribution in [3.8, 4) is 11.5 Å². The number of anilines is 1. The summed E-state index contributed by atoms with van der Waals surface area (Å²) in [6.07, 6.45) is -2.24. The number of H-pyrrole nitrogens is 1. The molecule has 2 aliphatic heterocycles. The van der Waals surface area contributed by atoms with Crippen molar-refractivity contribution in [3.05, 3.63) is 177 Å². The van der Waals surface area contributed by atoms with E-state index >= 15 is 0 Å². The van der Waals surface area contributed by atoms with Crippen molar-refractivity contribution in [2.45, 2.75) is 101 Å². The Kier molecular flexibility index (Phi) is 17.4. The van der Waals surface area contributed by atoms with E-state index in [0.29, 0.717) is 33.8 Å². The molecular formula is C57H68N7O13PSi. The van der Waals surface area contributed by atoms with E-state index in [9.17, 15) is 14.4 Å². The molecule has 3 aromatic heterocycles. The van der Waals surface area contributed by atoms with Gasteiger partial charge in [0.25, 0.3) is 11.5 Å². The van der Waals surface area contributed by atoms with E-state index in [1.54, 1.807) is 63.4 Å². The summed E-state index contributed by atoms with van der Waals surface area (Å²) < 4.78 is 68.7. The molecule has 2 aliphatic rings. The van der Waals surface area contributed by atoms with Crippen LogP contribution >= 0.6 is 8.38 Å². The first-order chi connectivity index (χ1) is 37.9. The van der Waals surface area contributed by atoms with Crippen LogP contribution in [0.2, 0.25) is 18.1 Å². The predicted molar refractivity (Wildman–Crippen MR) is 299 cm³/mol. The summed E-state index contributed by atoms with van der Waals surface area (Å²) in [5.41, 5.74) is 1.46. The molecular weight excluding hydrogens is 1050 g/mol. The Morgan fingerprint density at radius 2 is 1.28 bits per heavy atom. The van der Waals surface area contributed by atoms with Crippen molar-refractivity contribution < 1.29 is 51.4 Å². The van der Waals surface area contributed by atoms with E-state index in [0.717, 1.165) is 16.7 Å². The first-order valence-electron chi connectivity index (χ1n) is 25.8. The smallest absolute Gasteiger partial charge is 0.330 e. The van der Waals surface area contributed by atoms with Gasteiger partial charge >= 0.3 is 5.69 Å². The van der Waals surface area contributed by atoms with Crippen LogP contribution in [0.25, 0.3) is 11.2 Å². The van der Waals surface area contributed by atoms with Gasteiger partial charge in [-0.15, -0.1) is 0 Å². The third-order valence-corrected chi connectivity index (χ3v) is 20.5. The molecule has 2 saturated heterocycles. The van der Waals surface area contributed by atoms with Crippen LogP contribution in [0.4, 0.5) is 5.82 Å². The topological polar surface area (TPSA) is 220 Å². The quantitative estimate of drug-likeness (QED) is 0.0391. The fourth-order valence-electron chi connectivity index (χ4n) is 9.76. The number of nitrogens with one attached hydrogen (secondary N) is 2. The van der Waals surface area contributed by atoms with Crippen LogP contribution in [-0.4, -0.2) is 128 Å². The standard InChI is InChI=1S/C57H68N7O13PSi/c1-35-30-63(55(67)62-51(35)65)53-47(70-7)45(42(74-53)31-72-57(37-20-16-13-17-21-37,38-22-26-40(68-5)27-23-38)39-24-28-41(69-6)29-25-39)76-78(9)73-32-43-46(77-79(10,11)56(2,3)4)48(71-8)54(75-43)64-34-60-44-49(58-33-59-50(44)64)61-52(66)36-18-14-12-15-19-36/h12-30,33-34,42-43,45-48,53-54H,31-32H2,1-11H3,(H,62,65,67)(H,58,59,61,66)/t42-,43-,45-,46-,47-,48-,53-,54-,78?/m1/s1. The maximum absolute atomic E-state index is 13.6. The van der Waals surface area contributed by atoms with Crippen molar-refractivity contribution in [1.82, 2.24) is 29.1 Å². The van der Waals surface area contributed by atoms with Gasteiger partial charge in [0.1, 0.15) is 60.1 Å². The van der Waals surface area contributed by atoms with Crippen LogP contribution in [0, 0.1) is 6.92 Å². The lowest BCUT2D eigenvalue weighted by Crippen LogP contribution is -2.50. The van der Waals surface area contributed by atoms with Gasteiger partial charge in [-0.1, -0.05) is 93.6 Å². The Morgan fingerprint density at radius 3 is 1.86 bits per heavy atom. The van der Waals surface area contributed by atoms with Crippen molar-refractivity contribution in [2.24, 2.45) is 0 Å². The van der Waals surface area contributed by atoms with Gasteiger partial charge in [0.2, 0.25) is 0 Å². The minimum Gasteiger partial charge on any atom is -0.497 e. The average Bonchev–Trinajstić information content (AvgIpc) is 4.36. The Bertz CT molecular complexity index is 3260. The van der Waals surface area contributed by atoms with Crippen LogP contribution < -0.4 is 26.0 Å². The molecule has 2 fully saturated rings. The zero-order chi connectivity index (χ0) is 56.2. The van der Waals surface area contributed by atoms with Gasteiger partial charge in [-0.3, -0.25) is 23.7 Å². The van der Waals surface area contributed by atoms with E-state index in [-0.39, 0.29) is 30.0 Å². The number of carbonyl (C=O) groups is 1. The second kappa shape index (κ2) is 24.1. The molecule has 0 radical (unpaired) electrons. The van der Waals surface area contributed by atoms with E-state index in [1.165, 1.54) is 24.2 Å². The summed E-state index contributed by atoms with van der Waals surface area (Å²) in [4.78, 5) is 55.6. The summed E-state index contributed by atoms with van der Waals surface area (Å²) >= 11 is 0. The number of benzene rings is 4. The van der Waals surface area contributed by atoms with Gasteiger partial charge in [-0.05, 0) is 78.1 Å². The normalized spacial score (nSPS) is 22.0. The highest BCUT2D eigenvalue weighted by atomic mass is 31.2. The molecule has 22 heteroatoms. The number of ether oxygens (including phenoxy) is 7. The molecule has 418 valence electrons. The highest BCUT2D eigenvalue weighted by Crippen LogP contribution is 2.48. The first kappa shape index (κ1) is 57.2. The summed E-state index contributed by atoms with van der Waals surface area (Å²) in [6, 6.07) is 34.0. The van der Waals surface area contributed by atoms with E-state index in [2.05, 4.69) is 59.1 Å². The van der Waals surface area contributed by atoms with Crippen molar-refractivity contribution in [2.75, 3.05) is 53.6 Å². The number of nitrogens with zero attached hydrogens (tertiary/aromatic N) is 5. The lowest BCUT2D eigenvalue weighted by atomic mass is 9.80. The molecule has 0 spiro atoms. The van der Waals surface area contributed by atoms with Crippen LogP contribution in [0.15, 0.2) is 138 Å². The number of hydrogen-bond donors (Lipinski definition) is 2. The number of rotatable bonds is 21. The Balaban J connectivity index is 1.03. The minimum absolute atomic E-state index is 0.00168. The monoisotopic (exact) mass is 1120 g/mol. The van der Waals surface area contributed by atoms with Crippen LogP contribution in [0.1, 0.15) is 65.8 Å². The molecule has 0 aliphatic carbocycles. The highest BCUT2D eigenvalue weighted by molar-refractivity contribution is 7.46. The predicted octanol–water partition coefficient (Wildman–Crippen LogP) is 8.52. The largest absolute Gasteiger partial charge is 0.497 e. The molecule has 1 amide bonds. The number of amides is 1. The first-order valence-corrected chi connectivity index (χ1v) is 30.4. The molecule has 1 unspecified atom stereocenters. The van der Waals surface area contributed by atoms with Gasteiger partial charge in [-0.25, -0.2) is 19.7 Å². The fraction of sp³-hybridized carbons (Fsp3) is 0.404. The molecule has 0 saturated carbocycles. The van der Waals surface area contributed by atoms with Gasteiger partial charge in [0.05, 0.1) is 33.8 Å². The second-order valence-electron chi connectivity index (χ2n) is 20.8.